The largest absolute Gasteiger partial charge is 0.496 e. The number of aromatic nitrogens is 2. The molecular formula is C22H22N4O2S3. The van der Waals surface area contributed by atoms with E-state index in [9.17, 15) is 4.79 Å². The molecular weight excluding hydrogens is 448 g/mol. The summed E-state index contributed by atoms with van der Waals surface area (Å²) in [4.78, 5) is 12.0. The quantitative estimate of drug-likeness (QED) is 0.254. The fourth-order valence-corrected chi connectivity index (χ4v) is 5.17. The number of para-hydroxylation sites is 1. The zero-order chi connectivity index (χ0) is 21.9. The lowest BCUT2D eigenvalue weighted by molar-refractivity contribution is -0.118. The lowest BCUT2D eigenvalue weighted by Crippen LogP contribution is -2.19. The molecule has 2 aromatic carbocycles. The molecule has 3 rings (SSSR count). The van der Waals surface area contributed by atoms with Gasteiger partial charge >= 0.3 is 0 Å². The number of carbonyl (C=O) groups is 1. The molecule has 0 aliphatic heterocycles. The number of nitrogens with zero attached hydrogens (tertiary/aromatic N) is 3. The Balaban J connectivity index is 1.38. The van der Waals surface area contributed by atoms with Gasteiger partial charge in [-0.3, -0.25) is 4.79 Å². The molecule has 1 amide bonds. The van der Waals surface area contributed by atoms with Gasteiger partial charge in [-0.05, 0) is 30.7 Å². The van der Waals surface area contributed by atoms with Crippen molar-refractivity contribution >= 4 is 53.1 Å². The van der Waals surface area contributed by atoms with E-state index in [0.717, 1.165) is 25.7 Å². The fourth-order valence-electron chi connectivity index (χ4n) is 2.41. The summed E-state index contributed by atoms with van der Waals surface area (Å²) in [5.74, 6) is 1.65. The summed E-state index contributed by atoms with van der Waals surface area (Å²) < 4.78 is 6.94. The standard InChI is InChI=1S/C22H22N4O2S3/c1-16-9-11-17(12-10-16)14-29-21-25-26-22(31-21)30-15-20(27)24-23-13-5-7-18-6-3-4-8-19(18)28-2/h3-13H,14-15H2,1-2H3,(H,24,27)/b7-5+,23-13+. The van der Waals surface area contributed by atoms with Crippen molar-refractivity contribution in [2.45, 2.75) is 21.4 Å². The highest BCUT2D eigenvalue weighted by molar-refractivity contribution is 8.03. The second kappa shape index (κ2) is 12.3. The Hall–Kier alpha value is -2.62. The molecule has 1 N–H and O–H groups in total. The fraction of sp³-hybridized carbons (Fsp3) is 0.182. The summed E-state index contributed by atoms with van der Waals surface area (Å²) in [6, 6.07) is 16.1. The first-order valence-electron chi connectivity index (χ1n) is 9.40. The van der Waals surface area contributed by atoms with Gasteiger partial charge in [0.25, 0.3) is 5.91 Å². The third-order valence-electron chi connectivity index (χ3n) is 3.96. The van der Waals surface area contributed by atoms with Gasteiger partial charge in [0.15, 0.2) is 8.68 Å². The van der Waals surface area contributed by atoms with Gasteiger partial charge in [0.2, 0.25) is 0 Å². The molecule has 0 radical (unpaired) electrons. The number of amides is 1. The van der Waals surface area contributed by atoms with E-state index in [2.05, 4.69) is 51.9 Å². The molecule has 0 aliphatic rings. The van der Waals surface area contributed by atoms with Crippen LogP contribution in [0.2, 0.25) is 0 Å². The lowest BCUT2D eigenvalue weighted by Gasteiger charge is -2.02. The summed E-state index contributed by atoms with van der Waals surface area (Å²) in [5.41, 5.74) is 5.94. The van der Waals surface area contributed by atoms with Gasteiger partial charge in [-0.2, -0.15) is 5.10 Å². The Kier molecular flexibility index (Phi) is 9.14. The third-order valence-corrected chi connectivity index (χ3v) is 7.22. The first-order valence-corrected chi connectivity index (χ1v) is 12.2. The van der Waals surface area contributed by atoms with Crippen molar-refractivity contribution < 1.29 is 9.53 Å². The lowest BCUT2D eigenvalue weighted by atomic mass is 10.2. The van der Waals surface area contributed by atoms with Crippen LogP contribution in [0.15, 0.2) is 68.4 Å². The minimum Gasteiger partial charge on any atom is -0.496 e. The van der Waals surface area contributed by atoms with Crippen molar-refractivity contribution in [1.82, 2.24) is 15.6 Å². The highest BCUT2D eigenvalue weighted by Gasteiger charge is 2.08. The smallest absolute Gasteiger partial charge is 0.250 e. The highest BCUT2D eigenvalue weighted by atomic mass is 32.2. The van der Waals surface area contributed by atoms with Gasteiger partial charge in [-0.25, -0.2) is 5.43 Å². The Morgan fingerprint density at radius 1 is 1.13 bits per heavy atom. The maximum atomic E-state index is 12.0. The van der Waals surface area contributed by atoms with Crippen LogP contribution in [0.3, 0.4) is 0 Å². The van der Waals surface area contributed by atoms with Gasteiger partial charge in [0.05, 0.1) is 12.9 Å². The van der Waals surface area contributed by atoms with Crippen LogP contribution in [0, 0.1) is 6.92 Å². The number of aryl methyl sites for hydroxylation is 1. The van der Waals surface area contributed by atoms with Gasteiger partial charge < -0.3 is 4.74 Å². The first-order chi connectivity index (χ1) is 15.1. The molecule has 0 spiro atoms. The predicted octanol–water partition coefficient (Wildman–Crippen LogP) is 5.05. The van der Waals surface area contributed by atoms with Crippen LogP contribution >= 0.6 is 34.9 Å². The average molecular weight is 471 g/mol. The minimum atomic E-state index is -0.198. The van der Waals surface area contributed by atoms with Gasteiger partial charge in [-0.15, -0.1) is 10.2 Å². The molecule has 9 heteroatoms. The second-order valence-corrected chi connectivity index (χ2v) is 9.73. The van der Waals surface area contributed by atoms with Crippen molar-refractivity contribution in [3.63, 3.8) is 0 Å². The highest BCUT2D eigenvalue weighted by Crippen LogP contribution is 2.30. The van der Waals surface area contributed by atoms with E-state index in [-0.39, 0.29) is 11.7 Å². The van der Waals surface area contributed by atoms with E-state index in [4.69, 9.17) is 4.74 Å². The normalized spacial score (nSPS) is 11.3. The number of ether oxygens (including phenoxy) is 1. The van der Waals surface area contributed by atoms with Crippen molar-refractivity contribution in [3.8, 4) is 5.75 Å². The van der Waals surface area contributed by atoms with Crippen LogP contribution in [0.4, 0.5) is 0 Å². The van der Waals surface area contributed by atoms with E-state index in [1.807, 2.05) is 30.3 Å². The van der Waals surface area contributed by atoms with E-state index in [1.165, 1.54) is 40.4 Å². The minimum absolute atomic E-state index is 0.198. The average Bonchev–Trinajstić information content (AvgIpc) is 3.25. The maximum absolute atomic E-state index is 12.0. The zero-order valence-corrected chi connectivity index (χ0v) is 19.6. The SMILES string of the molecule is COc1ccccc1/C=C/C=N/NC(=O)CSc1nnc(SCc2ccc(C)cc2)s1. The Morgan fingerprint density at radius 3 is 2.65 bits per heavy atom. The molecule has 3 aromatic rings. The molecule has 1 aromatic heterocycles. The summed E-state index contributed by atoms with van der Waals surface area (Å²) in [6.45, 7) is 2.07. The number of thioether (sulfide) groups is 2. The van der Waals surface area contributed by atoms with Crippen LogP contribution in [0.5, 0.6) is 5.75 Å². The van der Waals surface area contributed by atoms with Crippen molar-refractivity contribution in [2.24, 2.45) is 5.10 Å². The molecule has 160 valence electrons. The van der Waals surface area contributed by atoms with Gasteiger partial charge in [0.1, 0.15) is 5.75 Å². The molecule has 0 fully saturated rings. The summed E-state index contributed by atoms with van der Waals surface area (Å²) in [5, 5.41) is 12.3. The summed E-state index contributed by atoms with van der Waals surface area (Å²) >= 11 is 4.49. The monoisotopic (exact) mass is 470 g/mol. The Labute approximate surface area is 194 Å². The van der Waals surface area contributed by atoms with Crippen LogP contribution in [0.25, 0.3) is 6.08 Å². The number of hydrogen-bond donors (Lipinski definition) is 1. The van der Waals surface area contributed by atoms with Crippen molar-refractivity contribution in [3.05, 3.63) is 71.3 Å². The molecule has 0 aliphatic carbocycles. The molecule has 0 unspecified atom stereocenters. The first kappa shape index (κ1) is 23.1. The number of benzene rings is 2. The Bertz CT molecular complexity index is 1050. The topological polar surface area (TPSA) is 76.5 Å². The van der Waals surface area contributed by atoms with Crippen molar-refractivity contribution in [1.29, 1.82) is 0 Å². The third kappa shape index (κ3) is 7.86. The summed E-state index contributed by atoms with van der Waals surface area (Å²) in [6.07, 6.45) is 5.13. The second-order valence-electron chi connectivity index (χ2n) is 6.31. The zero-order valence-electron chi connectivity index (χ0n) is 17.1. The van der Waals surface area contributed by atoms with Crippen LogP contribution in [-0.2, 0) is 10.5 Å². The molecule has 31 heavy (non-hydrogen) atoms. The number of carbonyl (C=O) groups excluding carboxylic acids is 1. The number of allylic oxidation sites excluding steroid dienone is 1. The molecule has 1 heterocycles. The van der Waals surface area contributed by atoms with Crippen LogP contribution in [-0.4, -0.2) is 35.2 Å². The number of nitrogens with one attached hydrogen (secondary N) is 1. The molecule has 0 bridgehead atoms. The van der Waals surface area contributed by atoms with Gasteiger partial charge in [-0.1, -0.05) is 82.9 Å². The van der Waals surface area contributed by atoms with Crippen LogP contribution in [0.1, 0.15) is 16.7 Å². The Morgan fingerprint density at radius 2 is 1.87 bits per heavy atom. The molecule has 0 saturated carbocycles. The maximum Gasteiger partial charge on any atom is 0.250 e. The molecule has 0 saturated heterocycles. The number of hydrazone groups is 1. The molecule has 6 nitrogen and oxygen atoms in total. The van der Waals surface area contributed by atoms with Gasteiger partial charge in [0, 0.05) is 17.5 Å². The summed E-state index contributed by atoms with van der Waals surface area (Å²) in [7, 11) is 1.63. The van der Waals surface area contributed by atoms with E-state index in [0.29, 0.717) is 0 Å². The molecule has 0 atom stereocenters. The number of rotatable bonds is 10. The predicted molar refractivity (Wildman–Crippen MR) is 130 cm³/mol. The van der Waals surface area contributed by atoms with E-state index >= 15 is 0 Å². The van der Waals surface area contributed by atoms with Crippen molar-refractivity contribution in [2.75, 3.05) is 12.9 Å². The van der Waals surface area contributed by atoms with Crippen LogP contribution < -0.4 is 10.2 Å². The number of hydrogen-bond acceptors (Lipinski definition) is 8. The number of methoxy groups -OCH3 is 1. The van der Waals surface area contributed by atoms with E-state index < -0.39 is 0 Å². The van der Waals surface area contributed by atoms with E-state index in [1.54, 1.807) is 24.9 Å².